The van der Waals surface area contributed by atoms with E-state index in [1.54, 1.807) is 23.5 Å². The van der Waals surface area contributed by atoms with Gasteiger partial charge in [0.2, 0.25) is 0 Å². The number of carbonyl (C=O) groups excluding carboxylic acids is 1. The van der Waals surface area contributed by atoms with Crippen molar-refractivity contribution in [3.63, 3.8) is 0 Å². The van der Waals surface area contributed by atoms with Gasteiger partial charge in [0.15, 0.2) is 0 Å². The lowest BCUT2D eigenvalue weighted by Gasteiger charge is -2.35. The average Bonchev–Trinajstić information content (AvgIpc) is 2.61. The van der Waals surface area contributed by atoms with Crippen molar-refractivity contribution < 1.29 is 22.7 Å². The predicted octanol–water partition coefficient (Wildman–Crippen LogP) is 2.73. The number of alkyl halides is 3. The van der Waals surface area contributed by atoms with E-state index in [0.29, 0.717) is 26.2 Å². The zero-order valence-corrected chi connectivity index (χ0v) is 13.6. The number of hydrogen-bond donors (Lipinski definition) is 1. The molecule has 138 valence electrons. The molecule has 0 bridgehead atoms. The number of nitrogens with zero attached hydrogens (tertiary/aromatic N) is 4. The minimum atomic E-state index is -4.78. The zero-order valence-electron chi connectivity index (χ0n) is 13.6. The van der Waals surface area contributed by atoms with Crippen LogP contribution in [0.3, 0.4) is 0 Å². The number of halogens is 3. The molecule has 0 radical (unpaired) electrons. The van der Waals surface area contributed by atoms with E-state index in [1.165, 1.54) is 18.2 Å². The molecule has 0 aliphatic carbocycles. The number of aromatic nitrogens is 2. The maximum absolute atomic E-state index is 12.3. The summed E-state index contributed by atoms with van der Waals surface area (Å²) in [5.41, 5.74) is 0.230. The van der Waals surface area contributed by atoms with Crippen molar-refractivity contribution in [2.24, 2.45) is 0 Å². The standard InChI is InChI=1S/C16H16F3N5O2/c17-16(18,19)26-13-3-1-2-12(10-13)22-15(25)24-8-6-23(7-9-24)14-11-20-4-5-21-14/h1-5,10-11H,6-9H2,(H,22,25). The first kappa shape index (κ1) is 17.8. The summed E-state index contributed by atoms with van der Waals surface area (Å²) >= 11 is 0. The molecule has 2 aromatic rings. The van der Waals surface area contributed by atoms with Crippen molar-refractivity contribution in [1.82, 2.24) is 14.9 Å². The van der Waals surface area contributed by atoms with Gasteiger partial charge in [-0.15, -0.1) is 13.2 Å². The monoisotopic (exact) mass is 367 g/mol. The second-order valence-electron chi connectivity index (χ2n) is 5.54. The molecule has 1 saturated heterocycles. The third-order valence-electron chi connectivity index (χ3n) is 3.76. The second-order valence-corrected chi connectivity index (χ2v) is 5.54. The fraction of sp³-hybridized carbons (Fsp3) is 0.312. The lowest BCUT2D eigenvalue weighted by atomic mass is 10.3. The Bertz CT molecular complexity index is 749. The van der Waals surface area contributed by atoms with Gasteiger partial charge in [-0.2, -0.15) is 0 Å². The Balaban J connectivity index is 1.55. The Hall–Kier alpha value is -3.04. The molecule has 2 amide bonds. The van der Waals surface area contributed by atoms with Gasteiger partial charge in [0.25, 0.3) is 0 Å². The van der Waals surface area contributed by atoms with Crippen LogP contribution >= 0.6 is 0 Å². The van der Waals surface area contributed by atoms with Crippen LogP contribution in [0.25, 0.3) is 0 Å². The van der Waals surface area contributed by atoms with Gasteiger partial charge < -0.3 is 19.9 Å². The van der Waals surface area contributed by atoms with Gasteiger partial charge in [0.05, 0.1) is 6.20 Å². The number of carbonyl (C=O) groups is 1. The van der Waals surface area contributed by atoms with Crippen molar-refractivity contribution in [3.05, 3.63) is 42.9 Å². The number of rotatable bonds is 3. The maximum Gasteiger partial charge on any atom is 0.573 e. The first-order valence-electron chi connectivity index (χ1n) is 7.83. The van der Waals surface area contributed by atoms with Crippen LogP contribution in [0.1, 0.15) is 0 Å². The molecule has 0 unspecified atom stereocenters. The molecule has 1 aliphatic rings. The second kappa shape index (κ2) is 7.46. The number of anilines is 2. The maximum atomic E-state index is 12.3. The fourth-order valence-corrected chi connectivity index (χ4v) is 2.57. The van der Waals surface area contributed by atoms with Crippen LogP contribution in [0.2, 0.25) is 0 Å². The van der Waals surface area contributed by atoms with Crippen LogP contribution in [-0.2, 0) is 0 Å². The molecular formula is C16H16F3N5O2. The molecule has 1 N–H and O–H groups in total. The molecule has 7 nitrogen and oxygen atoms in total. The number of hydrogen-bond acceptors (Lipinski definition) is 5. The number of nitrogens with one attached hydrogen (secondary N) is 1. The van der Waals surface area contributed by atoms with Crippen LogP contribution in [0.4, 0.5) is 29.5 Å². The van der Waals surface area contributed by atoms with E-state index in [0.717, 1.165) is 11.9 Å². The molecule has 0 spiro atoms. The average molecular weight is 367 g/mol. The summed E-state index contributed by atoms with van der Waals surface area (Å²) in [6, 6.07) is 4.79. The third-order valence-corrected chi connectivity index (χ3v) is 3.76. The van der Waals surface area contributed by atoms with E-state index < -0.39 is 6.36 Å². The summed E-state index contributed by atoms with van der Waals surface area (Å²) in [5.74, 6) is 0.354. The van der Waals surface area contributed by atoms with E-state index in [-0.39, 0.29) is 17.5 Å². The molecule has 0 atom stereocenters. The molecule has 1 aromatic carbocycles. The van der Waals surface area contributed by atoms with Gasteiger partial charge in [-0.1, -0.05) is 6.07 Å². The van der Waals surface area contributed by atoms with Gasteiger partial charge in [-0.25, -0.2) is 9.78 Å². The van der Waals surface area contributed by atoms with Gasteiger partial charge in [-0.05, 0) is 12.1 Å². The van der Waals surface area contributed by atoms with Crippen molar-refractivity contribution in [1.29, 1.82) is 0 Å². The van der Waals surface area contributed by atoms with Gasteiger partial charge >= 0.3 is 12.4 Å². The highest BCUT2D eigenvalue weighted by Gasteiger charge is 2.31. The Morgan fingerprint density at radius 1 is 1.15 bits per heavy atom. The molecule has 2 heterocycles. The first-order valence-corrected chi connectivity index (χ1v) is 7.83. The minimum Gasteiger partial charge on any atom is -0.406 e. The summed E-state index contributed by atoms with van der Waals surface area (Å²) < 4.78 is 40.7. The van der Waals surface area contributed by atoms with Gasteiger partial charge in [-0.3, -0.25) is 4.98 Å². The highest BCUT2D eigenvalue weighted by molar-refractivity contribution is 5.89. The first-order chi connectivity index (χ1) is 12.4. The van der Waals surface area contributed by atoms with Crippen LogP contribution in [0, 0.1) is 0 Å². The van der Waals surface area contributed by atoms with E-state index in [4.69, 9.17) is 0 Å². The topological polar surface area (TPSA) is 70.6 Å². The number of urea groups is 1. The van der Waals surface area contributed by atoms with E-state index >= 15 is 0 Å². The normalized spacial score (nSPS) is 14.9. The lowest BCUT2D eigenvalue weighted by molar-refractivity contribution is -0.274. The highest BCUT2D eigenvalue weighted by atomic mass is 19.4. The number of benzene rings is 1. The zero-order chi connectivity index (χ0) is 18.6. The SMILES string of the molecule is O=C(Nc1cccc(OC(F)(F)F)c1)N1CCN(c2cnccn2)CC1. The van der Waals surface area contributed by atoms with E-state index in [2.05, 4.69) is 20.0 Å². The Morgan fingerprint density at radius 3 is 2.58 bits per heavy atom. The van der Waals surface area contributed by atoms with Gasteiger partial charge in [0, 0.05) is 50.3 Å². The molecular weight excluding hydrogens is 351 g/mol. The largest absolute Gasteiger partial charge is 0.573 e. The summed E-state index contributed by atoms with van der Waals surface area (Å²) in [7, 11) is 0. The minimum absolute atomic E-state index is 0.230. The summed E-state index contributed by atoms with van der Waals surface area (Å²) in [6.45, 7) is 2.09. The van der Waals surface area contributed by atoms with Crippen LogP contribution < -0.4 is 15.0 Å². The van der Waals surface area contributed by atoms with Crippen molar-refractivity contribution in [2.75, 3.05) is 36.4 Å². The van der Waals surface area contributed by atoms with Crippen molar-refractivity contribution in [2.45, 2.75) is 6.36 Å². The Morgan fingerprint density at radius 2 is 1.92 bits per heavy atom. The molecule has 1 aromatic heterocycles. The number of amides is 2. The van der Waals surface area contributed by atoms with Gasteiger partial charge in [0.1, 0.15) is 11.6 Å². The molecule has 3 rings (SSSR count). The third kappa shape index (κ3) is 4.74. The quantitative estimate of drug-likeness (QED) is 0.903. The lowest BCUT2D eigenvalue weighted by Crippen LogP contribution is -2.50. The smallest absolute Gasteiger partial charge is 0.406 e. The number of ether oxygens (including phenoxy) is 1. The Labute approximate surface area is 147 Å². The van der Waals surface area contributed by atoms with E-state index in [9.17, 15) is 18.0 Å². The summed E-state index contributed by atoms with van der Waals surface area (Å²) in [6.07, 6.45) is 0.0649. The van der Waals surface area contributed by atoms with Crippen LogP contribution in [0.5, 0.6) is 5.75 Å². The molecule has 10 heteroatoms. The van der Waals surface area contributed by atoms with Crippen LogP contribution in [-0.4, -0.2) is 53.4 Å². The summed E-state index contributed by atoms with van der Waals surface area (Å²) in [4.78, 5) is 24.1. The molecule has 1 aliphatic heterocycles. The highest BCUT2D eigenvalue weighted by Crippen LogP contribution is 2.25. The molecule has 26 heavy (non-hydrogen) atoms. The predicted molar refractivity (Wildman–Crippen MR) is 88.0 cm³/mol. The van der Waals surface area contributed by atoms with E-state index in [1.807, 2.05) is 4.90 Å². The molecule has 1 fully saturated rings. The van der Waals surface area contributed by atoms with Crippen molar-refractivity contribution in [3.8, 4) is 5.75 Å². The van der Waals surface area contributed by atoms with Crippen LogP contribution in [0.15, 0.2) is 42.9 Å². The summed E-state index contributed by atoms with van der Waals surface area (Å²) in [5, 5.41) is 2.59. The number of piperazine rings is 1. The Kier molecular flexibility index (Phi) is 5.10. The van der Waals surface area contributed by atoms with Crippen molar-refractivity contribution >= 4 is 17.5 Å². The molecule has 0 saturated carbocycles. The fourth-order valence-electron chi connectivity index (χ4n) is 2.57.